The number of benzene rings is 1. The first-order chi connectivity index (χ1) is 20.0. The van der Waals surface area contributed by atoms with Gasteiger partial charge in [0, 0.05) is 36.1 Å². The van der Waals surface area contributed by atoms with Crippen molar-refractivity contribution in [1.82, 2.24) is 25.1 Å². The van der Waals surface area contributed by atoms with Crippen LogP contribution in [0.2, 0.25) is 0 Å². The first kappa shape index (κ1) is 28.9. The van der Waals surface area contributed by atoms with Gasteiger partial charge in [-0.1, -0.05) is 71.6 Å². The zero-order valence-electron chi connectivity index (χ0n) is 23.4. The minimum absolute atomic E-state index is 0.159. The van der Waals surface area contributed by atoms with Gasteiger partial charge in [0.05, 0.1) is 6.04 Å². The molecule has 2 fully saturated rings. The molecule has 3 N–H and O–H groups in total. The van der Waals surface area contributed by atoms with E-state index in [-0.39, 0.29) is 30.2 Å². The second-order valence-corrected chi connectivity index (χ2v) is 11.8. The van der Waals surface area contributed by atoms with Crippen LogP contribution >= 0.6 is 11.5 Å². The molecule has 1 saturated heterocycles. The lowest BCUT2D eigenvalue weighted by atomic mass is 9.85. The molecule has 3 amide bonds. The van der Waals surface area contributed by atoms with E-state index in [4.69, 9.17) is 0 Å². The van der Waals surface area contributed by atoms with Gasteiger partial charge < -0.3 is 20.9 Å². The van der Waals surface area contributed by atoms with E-state index in [0.717, 1.165) is 48.5 Å². The molecule has 41 heavy (non-hydrogen) atoms. The van der Waals surface area contributed by atoms with E-state index in [1.807, 2.05) is 67.6 Å². The van der Waals surface area contributed by atoms with Crippen molar-refractivity contribution in [2.24, 2.45) is 5.92 Å². The van der Waals surface area contributed by atoms with Crippen molar-refractivity contribution in [1.29, 1.82) is 0 Å². The summed E-state index contributed by atoms with van der Waals surface area (Å²) in [4.78, 5) is 42.0. The lowest BCUT2D eigenvalue weighted by Gasteiger charge is -2.31. The minimum Gasteiger partial charge on any atom is -0.339 e. The fourth-order valence-electron chi connectivity index (χ4n) is 5.43. The molecule has 1 aromatic carbocycles. The largest absolute Gasteiger partial charge is 0.339 e. The molecule has 0 bridgehead atoms. The maximum Gasteiger partial charge on any atom is 0.250 e. The molecule has 216 valence electrons. The molecule has 5 rings (SSSR count). The highest BCUT2D eigenvalue weighted by Crippen LogP contribution is 2.30. The number of carbonyl (C=O) groups excluding carboxylic acids is 3. The van der Waals surface area contributed by atoms with Crippen LogP contribution in [-0.4, -0.2) is 57.4 Å². The molecule has 2 aliphatic carbocycles. The number of nitrogens with one attached hydrogen (secondary N) is 3. The van der Waals surface area contributed by atoms with Crippen LogP contribution in [0, 0.1) is 5.92 Å². The van der Waals surface area contributed by atoms with Gasteiger partial charge in [0.1, 0.15) is 16.7 Å². The average molecular weight is 575 g/mol. The highest BCUT2D eigenvalue weighted by molar-refractivity contribution is 7.10. The Morgan fingerprint density at radius 1 is 1.10 bits per heavy atom. The van der Waals surface area contributed by atoms with Crippen LogP contribution < -0.4 is 16.0 Å². The Kier molecular flexibility index (Phi) is 9.74. The minimum atomic E-state index is -0.820. The van der Waals surface area contributed by atoms with Crippen molar-refractivity contribution >= 4 is 39.8 Å². The number of likely N-dealkylation sites (tertiary alicyclic amines) is 1. The van der Waals surface area contributed by atoms with Gasteiger partial charge in [0.15, 0.2) is 0 Å². The van der Waals surface area contributed by atoms with Gasteiger partial charge in [0.2, 0.25) is 17.7 Å². The average Bonchev–Trinajstić information content (AvgIpc) is 3.52. The third-order valence-corrected chi connectivity index (χ3v) is 8.72. The van der Waals surface area contributed by atoms with Crippen LogP contribution in [0.4, 0.5) is 5.00 Å². The summed E-state index contributed by atoms with van der Waals surface area (Å²) in [6.45, 7) is 3.19. The monoisotopic (exact) mass is 574 g/mol. The molecule has 1 aromatic heterocycles. The van der Waals surface area contributed by atoms with Crippen molar-refractivity contribution in [2.45, 2.75) is 70.0 Å². The zero-order valence-corrected chi connectivity index (χ0v) is 24.2. The number of anilines is 1. The van der Waals surface area contributed by atoms with E-state index in [2.05, 4.69) is 25.5 Å². The topological polar surface area (TPSA) is 116 Å². The van der Waals surface area contributed by atoms with Crippen molar-refractivity contribution < 1.29 is 14.4 Å². The summed E-state index contributed by atoms with van der Waals surface area (Å²) in [7, 11) is 0. The molecule has 9 nitrogen and oxygen atoms in total. The number of hydrogen-bond acceptors (Lipinski definition) is 7. The van der Waals surface area contributed by atoms with Crippen LogP contribution in [-0.2, 0) is 14.4 Å². The predicted molar refractivity (Wildman–Crippen MR) is 161 cm³/mol. The SMILES string of the molecule is CC(NCC1CCC1)C(=O)N[C@H](C(=O)N1CCCC1CC(=O)Nc1snnc1C1=CC=CCC=C1)c1ccccc1. The highest BCUT2D eigenvalue weighted by Gasteiger charge is 2.36. The lowest BCUT2D eigenvalue weighted by Crippen LogP contribution is -2.50. The second kappa shape index (κ2) is 13.8. The fraction of sp³-hybridized carbons (Fsp3) is 0.452. The predicted octanol–water partition coefficient (Wildman–Crippen LogP) is 4.39. The number of hydrogen-bond donors (Lipinski definition) is 3. The maximum absolute atomic E-state index is 13.9. The van der Waals surface area contributed by atoms with Crippen molar-refractivity contribution in [3.05, 3.63) is 72.0 Å². The number of allylic oxidation sites excluding steroid dienone is 6. The molecule has 2 unspecified atom stereocenters. The second-order valence-electron chi connectivity index (χ2n) is 11.0. The van der Waals surface area contributed by atoms with Crippen molar-refractivity contribution in [2.75, 3.05) is 18.4 Å². The highest BCUT2D eigenvalue weighted by atomic mass is 32.1. The summed E-state index contributed by atoms with van der Waals surface area (Å²) in [5.74, 6) is 0.0425. The summed E-state index contributed by atoms with van der Waals surface area (Å²) < 4.78 is 4.05. The quantitative estimate of drug-likeness (QED) is 0.367. The van der Waals surface area contributed by atoms with Crippen LogP contribution in [0.3, 0.4) is 0 Å². The van der Waals surface area contributed by atoms with Gasteiger partial charge in [-0.15, -0.1) is 5.10 Å². The summed E-state index contributed by atoms with van der Waals surface area (Å²) >= 11 is 1.14. The Morgan fingerprint density at radius 3 is 2.71 bits per heavy atom. The van der Waals surface area contributed by atoms with E-state index < -0.39 is 12.1 Å². The fourth-order valence-corrected chi connectivity index (χ4v) is 6.04. The molecule has 2 heterocycles. The summed E-state index contributed by atoms with van der Waals surface area (Å²) in [6, 6.07) is 7.84. The van der Waals surface area contributed by atoms with Crippen LogP contribution in [0.15, 0.2) is 60.7 Å². The summed E-state index contributed by atoms with van der Waals surface area (Å²) in [5, 5.41) is 14.1. The smallest absolute Gasteiger partial charge is 0.250 e. The Labute approximate surface area is 245 Å². The maximum atomic E-state index is 13.9. The zero-order chi connectivity index (χ0) is 28.6. The Hall–Kier alpha value is -3.63. The molecular formula is C31H38N6O3S. The summed E-state index contributed by atoms with van der Waals surface area (Å²) in [6.07, 6.45) is 16.2. The van der Waals surface area contributed by atoms with Gasteiger partial charge in [-0.25, -0.2) is 0 Å². The molecule has 1 aliphatic heterocycles. The number of rotatable bonds is 11. The number of carbonyl (C=O) groups is 3. The molecule has 3 atom stereocenters. The molecular weight excluding hydrogens is 536 g/mol. The molecule has 1 saturated carbocycles. The van der Waals surface area contributed by atoms with E-state index in [9.17, 15) is 14.4 Å². The number of aromatic nitrogens is 2. The van der Waals surface area contributed by atoms with Gasteiger partial charge in [-0.05, 0) is 57.1 Å². The Bertz CT molecular complexity index is 1320. The van der Waals surface area contributed by atoms with Crippen molar-refractivity contribution in [3.8, 4) is 0 Å². The van der Waals surface area contributed by atoms with Gasteiger partial charge in [-0.2, -0.15) is 0 Å². The number of amides is 3. The van der Waals surface area contributed by atoms with Crippen molar-refractivity contribution in [3.63, 3.8) is 0 Å². The molecule has 3 aliphatic rings. The van der Waals surface area contributed by atoms with E-state index in [1.165, 1.54) is 19.3 Å². The van der Waals surface area contributed by atoms with E-state index in [1.54, 1.807) is 4.90 Å². The van der Waals surface area contributed by atoms with Gasteiger partial charge in [-0.3, -0.25) is 14.4 Å². The Balaban J connectivity index is 1.24. The van der Waals surface area contributed by atoms with E-state index >= 15 is 0 Å². The molecule has 0 spiro atoms. The third kappa shape index (κ3) is 7.37. The number of nitrogens with zero attached hydrogens (tertiary/aromatic N) is 3. The molecule has 2 aromatic rings. The first-order valence-electron chi connectivity index (χ1n) is 14.5. The standard InChI is InChI=1S/C31H38N6O3S/c1-21(32-20-22-11-9-12-22)29(39)34-28(24-15-7-4-8-16-24)31(40)37-18-10-17-25(37)19-26(38)33-30-27(35-36-41-30)23-13-5-2-3-6-14-23/h2,4-8,13-16,21-22,25,28,32H,3,9-12,17-20H2,1H3,(H,33,38)(H,34,39)/t21?,25?,28-/m0/s1. The lowest BCUT2D eigenvalue weighted by molar-refractivity contribution is -0.138. The summed E-state index contributed by atoms with van der Waals surface area (Å²) in [5.41, 5.74) is 2.25. The molecule has 0 radical (unpaired) electrons. The van der Waals surface area contributed by atoms with Gasteiger partial charge in [0.25, 0.3) is 0 Å². The van der Waals surface area contributed by atoms with Crippen LogP contribution in [0.5, 0.6) is 0 Å². The van der Waals surface area contributed by atoms with Crippen LogP contribution in [0.1, 0.15) is 69.2 Å². The van der Waals surface area contributed by atoms with Crippen LogP contribution in [0.25, 0.3) is 5.57 Å². The molecule has 10 heteroatoms. The van der Waals surface area contributed by atoms with E-state index in [0.29, 0.717) is 23.2 Å². The third-order valence-electron chi connectivity index (χ3n) is 8.07. The van der Waals surface area contributed by atoms with Gasteiger partial charge >= 0.3 is 0 Å². The Morgan fingerprint density at radius 2 is 1.93 bits per heavy atom. The normalized spacial score (nSPS) is 20.1. The first-order valence-corrected chi connectivity index (χ1v) is 15.3.